The van der Waals surface area contributed by atoms with E-state index in [0.717, 1.165) is 0 Å². The van der Waals surface area contributed by atoms with Crippen LogP contribution in [-0.4, -0.2) is 31.0 Å². The largest absolute Gasteiger partial charge is 0.484 e. The molecule has 0 saturated carbocycles. The van der Waals surface area contributed by atoms with Crippen LogP contribution in [0, 0.1) is 0 Å². The van der Waals surface area contributed by atoms with Gasteiger partial charge in [0, 0.05) is 5.56 Å². The predicted octanol–water partition coefficient (Wildman–Crippen LogP) is 1.95. The van der Waals surface area contributed by atoms with Crippen molar-refractivity contribution in [2.45, 2.75) is 13.1 Å². The quantitative estimate of drug-likeness (QED) is 0.836. The first-order valence-electron chi connectivity index (χ1n) is 5.35. The summed E-state index contributed by atoms with van der Waals surface area (Å²) in [6, 6.07) is 5.94. The van der Waals surface area contributed by atoms with Crippen LogP contribution in [0.4, 0.5) is 13.2 Å². The van der Waals surface area contributed by atoms with E-state index in [9.17, 15) is 22.8 Å². The zero-order valence-corrected chi connectivity index (χ0v) is 10.1. The van der Waals surface area contributed by atoms with Gasteiger partial charge in [0.05, 0.1) is 0 Å². The monoisotopic (exact) mass is 275 g/mol. The van der Waals surface area contributed by atoms with Crippen LogP contribution >= 0.6 is 0 Å². The Morgan fingerprint density at radius 2 is 1.79 bits per heavy atom. The Kier molecular flexibility index (Phi) is 4.91. The molecule has 0 aliphatic heterocycles. The van der Waals surface area contributed by atoms with Gasteiger partial charge in [0.1, 0.15) is 12.3 Å². The lowest BCUT2D eigenvalue weighted by Crippen LogP contribution is -2.36. The molecule has 0 saturated heterocycles. The summed E-state index contributed by atoms with van der Waals surface area (Å²) in [6.07, 6.45) is -4.45. The van der Waals surface area contributed by atoms with Gasteiger partial charge in [-0.1, -0.05) is 0 Å². The fourth-order valence-corrected chi connectivity index (χ4v) is 1.18. The zero-order valence-electron chi connectivity index (χ0n) is 10.1. The number of ketones is 1. The summed E-state index contributed by atoms with van der Waals surface area (Å²) in [5, 5.41) is 1.68. The van der Waals surface area contributed by atoms with Gasteiger partial charge in [0.15, 0.2) is 12.4 Å². The summed E-state index contributed by atoms with van der Waals surface area (Å²) in [7, 11) is 0. The van der Waals surface area contributed by atoms with Gasteiger partial charge in [-0.25, -0.2) is 0 Å². The molecule has 0 spiro atoms. The molecular weight excluding hydrogens is 263 g/mol. The van der Waals surface area contributed by atoms with E-state index in [0.29, 0.717) is 11.3 Å². The van der Waals surface area contributed by atoms with Crippen LogP contribution in [0.3, 0.4) is 0 Å². The maximum Gasteiger partial charge on any atom is 0.405 e. The van der Waals surface area contributed by atoms with Crippen molar-refractivity contribution in [2.75, 3.05) is 13.2 Å². The minimum absolute atomic E-state index is 0.116. The number of amides is 1. The predicted molar refractivity (Wildman–Crippen MR) is 61.0 cm³/mol. The van der Waals surface area contributed by atoms with Gasteiger partial charge in [-0.3, -0.25) is 9.59 Å². The first-order valence-corrected chi connectivity index (χ1v) is 5.35. The van der Waals surface area contributed by atoms with Gasteiger partial charge in [-0.15, -0.1) is 0 Å². The highest BCUT2D eigenvalue weighted by molar-refractivity contribution is 5.94. The van der Waals surface area contributed by atoms with E-state index in [1.807, 2.05) is 0 Å². The minimum Gasteiger partial charge on any atom is -0.484 e. The van der Waals surface area contributed by atoms with E-state index >= 15 is 0 Å². The normalized spacial score (nSPS) is 10.9. The lowest BCUT2D eigenvalue weighted by Gasteiger charge is -2.09. The molecule has 0 atom stereocenters. The Morgan fingerprint density at radius 1 is 1.21 bits per heavy atom. The van der Waals surface area contributed by atoms with Gasteiger partial charge in [0.25, 0.3) is 5.91 Å². The van der Waals surface area contributed by atoms with Crippen LogP contribution in [0.25, 0.3) is 0 Å². The van der Waals surface area contributed by atoms with Crippen LogP contribution in [-0.2, 0) is 4.79 Å². The Hall–Kier alpha value is -2.05. The Labute approximate surface area is 107 Å². The maximum atomic E-state index is 11.8. The highest BCUT2D eigenvalue weighted by atomic mass is 19.4. The number of nitrogens with one attached hydrogen (secondary N) is 1. The highest BCUT2D eigenvalue weighted by Crippen LogP contribution is 2.13. The third-order valence-corrected chi connectivity index (χ3v) is 2.12. The van der Waals surface area contributed by atoms with Gasteiger partial charge in [0.2, 0.25) is 0 Å². The number of halogens is 3. The highest BCUT2D eigenvalue weighted by Gasteiger charge is 2.27. The molecule has 1 amide bonds. The molecule has 0 bridgehead atoms. The molecule has 1 aromatic rings. The molecule has 0 aliphatic carbocycles. The molecule has 1 aromatic carbocycles. The number of hydrogen-bond acceptors (Lipinski definition) is 3. The molecule has 0 aromatic heterocycles. The first kappa shape index (κ1) is 15.0. The van der Waals surface area contributed by atoms with Crippen LogP contribution < -0.4 is 10.1 Å². The second kappa shape index (κ2) is 6.21. The topological polar surface area (TPSA) is 55.4 Å². The Balaban J connectivity index is 2.40. The van der Waals surface area contributed by atoms with E-state index in [2.05, 4.69) is 0 Å². The van der Waals surface area contributed by atoms with Crippen molar-refractivity contribution in [1.29, 1.82) is 0 Å². The van der Waals surface area contributed by atoms with E-state index < -0.39 is 25.2 Å². The summed E-state index contributed by atoms with van der Waals surface area (Å²) in [5.41, 5.74) is 0.480. The molecule has 104 valence electrons. The maximum absolute atomic E-state index is 11.8. The number of hydrogen-bond donors (Lipinski definition) is 1. The third-order valence-electron chi connectivity index (χ3n) is 2.12. The zero-order chi connectivity index (χ0) is 14.5. The summed E-state index contributed by atoms with van der Waals surface area (Å²) in [6.45, 7) is -0.506. The lowest BCUT2D eigenvalue weighted by molar-refractivity contribution is -0.139. The number of benzene rings is 1. The summed E-state index contributed by atoms with van der Waals surface area (Å²) in [5.74, 6) is -0.686. The van der Waals surface area contributed by atoms with Crippen molar-refractivity contribution in [3.05, 3.63) is 29.8 Å². The van der Waals surface area contributed by atoms with Gasteiger partial charge in [-0.05, 0) is 31.2 Å². The second-order valence-electron chi connectivity index (χ2n) is 3.76. The smallest absolute Gasteiger partial charge is 0.405 e. The molecule has 0 unspecified atom stereocenters. The van der Waals surface area contributed by atoms with Crippen molar-refractivity contribution < 1.29 is 27.5 Å². The number of ether oxygens (including phenoxy) is 1. The van der Waals surface area contributed by atoms with Crippen molar-refractivity contribution in [1.82, 2.24) is 5.32 Å². The molecule has 0 radical (unpaired) electrons. The van der Waals surface area contributed by atoms with Crippen molar-refractivity contribution in [2.24, 2.45) is 0 Å². The summed E-state index contributed by atoms with van der Waals surface area (Å²) < 4.78 is 40.4. The molecule has 7 heteroatoms. The molecule has 0 fully saturated rings. The first-order chi connectivity index (χ1) is 8.78. The number of carbonyl (C=O) groups excluding carboxylic acids is 2. The molecule has 0 heterocycles. The van der Waals surface area contributed by atoms with Gasteiger partial charge < -0.3 is 10.1 Å². The van der Waals surface area contributed by atoms with Crippen molar-refractivity contribution >= 4 is 11.7 Å². The average Bonchev–Trinajstić information content (AvgIpc) is 2.33. The molecule has 4 nitrogen and oxygen atoms in total. The SMILES string of the molecule is CC(=O)c1ccc(OCC(=O)NCC(F)(F)F)cc1. The van der Waals surface area contributed by atoms with E-state index in [1.165, 1.54) is 31.2 Å². The number of Topliss-reactive ketones (excluding diaryl/α,β-unsaturated/α-hetero) is 1. The molecule has 1 N–H and O–H groups in total. The van der Waals surface area contributed by atoms with E-state index in [-0.39, 0.29) is 5.78 Å². The van der Waals surface area contributed by atoms with Gasteiger partial charge >= 0.3 is 6.18 Å². The molecule has 0 aliphatic rings. The van der Waals surface area contributed by atoms with E-state index in [1.54, 1.807) is 5.32 Å². The summed E-state index contributed by atoms with van der Waals surface area (Å²) >= 11 is 0. The van der Waals surface area contributed by atoms with Crippen LogP contribution in [0.2, 0.25) is 0 Å². The molecule has 19 heavy (non-hydrogen) atoms. The summed E-state index contributed by atoms with van der Waals surface area (Å²) in [4.78, 5) is 22.0. The Bertz CT molecular complexity index is 454. The lowest BCUT2D eigenvalue weighted by atomic mass is 10.1. The third kappa shape index (κ3) is 5.89. The van der Waals surface area contributed by atoms with E-state index in [4.69, 9.17) is 4.74 Å². The standard InChI is InChI=1S/C12H12F3NO3/c1-8(17)9-2-4-10(5-3-9)19-6-11(18)16-7-12(13,14)15/h2-5H,6-7H2,1H3,(H,16,18). The molecular formula is C12H12F3NO3. The number of carbonyl (C=O) groups is 2. The Morgan fingerprint density at radius 3 is 2.26 bits per heavy atom. The van der Waals surface area contributed by atoms with Crippen molar-refractivity contribution in [3.8, 4) is 5.75 Å². The van der Waals surface area contributed by atoms with Gasteiger partial charge in [-0.2, -0.15) is 13.2 Å². The van der Waals surface area contributed by atoms with Crippen LogP contribution in [0.15, 0.2) is 24.3 Å². The minimum atomic E-state index is -4.45. The van der Waals surface area contributed by atoms with Crippen LogP contribution in [0.5, 0.6) is 5.75 Å². The number of alkyl halides is 3. The van der Waals surface area contributed by atoms with Crippen molar-refractivity contribution in [3.63, 3.8) is 0 Å². The second-order valence-corrected chi connectivity index (χ2v) is 3.76. The average molecular weight is 275 g/mol. The van der Waals surface area contributed by atoms with Crippen LogP contribution in [0.1, 0.15) is 17.3 Å². The molecule has 1 rings (SSSR count). The number of rotatable bonds is 5. The fraction of sp³-hybridized carbons (Fsp3) is 0.333. The fourth-order valence-electron chi connectivity index (χ4n) is 1.18.